The minimum atomic E-state index is -0.709. The zero-order valence-corrected chi connectivity index (χ0v) is 18.9. The Bertz CT molecular complexity index is 728. The number of para-hydroxylation sites is 1. The van der Waals surface area contributed by atoms with Crippen LogP contribution >= 0.6 is 11.8 Å². The maximum Gasteiger partial charge on any atom is 0.333 e. The molecule has 7 heteroatoms. The summed E-state index contributed by atoms with van der Waals surface area (Å²) in [5.74, 6) is 0.850. The van der Waals surface area contributed by atoms with Gasteiger partial charge in [0.25, 0.3) is 0 Å². The summed E-state index contributed by atoms with van der Waals surface area (Å²) in [6.07, 6.45) is 13.6. The lowest BCUT2D eigenvalue weighted by atomic mass is 9.75. The first-order valence-corrected chi connectivity index (χ1v) is 12.4. The second kappa shape index (κ2) is 12.8. The summed E-state index contributed by atoms with van der Waals surface area (Å²) < 4.78 is 0. The molecule has 2 amide bonds. The molecule has 0 unspecified atom stereocenters. The first kappa shape index (κ1) is 23.7. The van der Waals surface area contributed by atoms with Crippen LogP contribution in [-0.2, 0) is 4.79 Å². The molecule has 1 aromatic rings. The highest BCUT2D eigenvalue weighted by Crippen LogP contribution is 2.55. The summed E-state index contributed by atoms with van der Waals surface area (Å²) in [6, 6.07) is 9.16. The minimum absolute atomic E-state index is 0.245. The number of hydrogen-bond acceptors (Lipinski definition) is 4. The molecule has 0 spiro atoms. The number of benzene rings is 1. The van der Waals surface area contributed by atoms with Crippen molar-refractivity contribution < 1.29 is 14.7 Å². The molecule has 4 N–H and O–H groups in total. The van der Waals surface area contributed by atoms with E-state index in [1.54, 1.807) is 0 Å². The number of hydrazine groups is 1. The number of hydrogen-bond donors (Lipinski definition) is 4. The lowest BCUT2D eigenvalue weighted by Gasteiger charge is -2.29. The molecule has 0 aromatic heterocycles. The Morgan fingerprint density at radius 1 is 1.03 bits per heavy atom. The van der Waals surface area contributed by atoms with E-state index >= 15 is 0 Å². The third kappa shape index (κ3) is 7.89. The zero-order valence-electron chi connectivity index (χ0n) is 18.1. The average Bonchev–Trinajstić information content (AvgIpc) is 3.35. The second-order valence-electron chi connectivity index (χ2n) is 8.48. The molecule has 0 aliphatic carbocycles. The van der Waals surface area contributed by atoms with Crippen molar-refractivity contribution in [3.8, 4) is 0 Å². The van der Waals surface area contributed by atoms with E-state index < -0.39 is 5.97 Å². The normalized spacial score (nSPS) is 24.5. The number of unbranched alkanes of at least 4 members (excludes halogenated alkanes) is 2. The van der Waals surface area contributed by atoms with Crippen molar-refractivity contribution in [3.63, 3.8) is 0 Å². The molecule has 2 fully saturated rings. The zero-order chi connectivity index (χ0) is 21.9. The van der Waals surface area contributed by atoms with Gasteiger partial charge in [-0.3, -0.25) is 10.2 Å². The number of carboxylic acid groups (broad SMARTS) is 1. The number of aliphatic carboxylic acids is 1. The van der Waals surface area contributed by atoms with Crippen LogP contribution in [0.25, 0.3) is 0 Å². The molecule has 2 saturated heterocycles. The first-order chi connectivity index (χ1) is 15.1. The van der Waals surface area contributed by atoms with Gasteiger partial charge in [-0.2, -0.15) is 11.8 Å². The predicted octanol–water partition coefficient (Wildman–Crippen LogP) is 5.19. The van der Waals surface area contributed by atoms with E-state index in [4.69, 9.17) is 5.11 Å². The molecular weight excluding hydrogens is 410 g/mol. The number of carboxylic acids is 1. The van der Waals surface area contributed by atoms with Crippen molar-refractivity contribution in [2.24, 2.45) is 11.8 Å². The monoisotopic (exact) mass is 445 g/mol. The molecule has 1 aromatic carbocycles. The van der Waals surface area contributed by atoms with E-state index in [0.29, 0.717) is 0 Å². The average molecular weight is 446 g/mol. The molecular formula is C24H35N3O3S. The Labute approximate surface area is 189 Å². The van der Waals surface area contributed by atoms with Gasteiger partial charge >= 0.3 is 12.0 Å². The fraction of sp³-hybridized carbons (Fsp3) is 0.583. The predicted molar refractivity (Wildman–Crippen MR) is 127 cm³/mol. The van der Waals surface area contributed by atoms with Crippen LogP contribution in [0.15, 0.2) is 42.5 Å². The van der Waals surface area contributed by atoms with Crippen molar-refractivity contribution >= 4 is 29.4 Å². The van der Waals surface area contributed by atoms with E-state index in [0.717, 1.165) is 60.3 Å². The van der Waals surface area contributed by atoms with E-state index in [-0.39, 0.29) is 12.5 Å². The molecule has 6 nitrogen and oxygen atoms in total. The van der Waals surface area contributed by atoms with E-state index in [2.05, 4.69) is 40.1 Å². The van der Waals surface area contributed by atoms with Crippen LogP contribution in [0.3, 0.4) is 0 Å². The van der Waals surface area contributed by atoms with Crippen molar-refractivity contribution in [2.75, 3.05) is 11.9 Å². The van der Waals surface area contributed by atoms with Gasteiger partial charge in [-0.25, -0.2) is 10.2 Å². The summed E-state index contributed by atoms with van der Waals surface area (Å²) in [6.45, 7) is 0.768. The molecule has 3 rings (SSSR count). The fourth-order valence-corrected chi connectivity index (χ4v) is 6.81. The van der Waals surface area contributed by atoms with Gasteiger partial charge in [0.2, 0.25) is 0 Å². The number of allylic oxidation sites excluding steroid dienone is 2. The molecule has 0 radical (unpaired) electrons. The van der Waals surface area contributed by atoms with Crippen molar-refractivity contribution in [1.29, 1.82) is 0 Å². The van der Waals surface area contributed by atoms with Gasteiger partial charge in [0.15, 0.2) is 0 Å². The lowest BCUT2D eigenvalue weighted by Crippen LogP contribution is -2.40. The number of fused-ring (bicyclic) bond motifs is 2. The summed E-state index contributed by atoms with van der Waals surface area (Å²) >= 11 is 2.20. The third-order valence-corrected chi connectivity index (χ3v) is 8.12. The Hall–Kier alpha value is -1.99. The SMILES string of the molecule is O=C(O)CCCC=CC[C@H]1[C@@H](CCCCNNC(=O)Nc2ccccc2)[C@H]2CC[C@@H]1S2. The van der Waals surface area contributed by atoms with Crippen LogP contribution < -0.4 is 16.2 Å². The Kier molecular flexibility index (Phi) is 9.75. The molecule has 170 valence electrons. The van der Waals surface area contributed by atoms with E-state index in [1.165, 1.54) is 25.7 Å². The summed E-state index contributed by atoms with van der Waals surface area (Å²) in [5, 5.41) is 13.1. The van der Waals surface area contributed by atoms with Crippen molar-refractivity contribution in [3.05, 3.63) is 42.5 Å². The maximum atomic E-state index is 11.9. The van der Waals surface area contributed by atoms with Gasteiger partial charge < -0.3 is 10.4 Å². The number of anilines is 1. The van der Waals surface area contributed by atoms with E-state index in [1.807, 2.05) is 30.3 Å². The molecule has 2 aliphatic rings. The number of thioether (sulfide) groups is 1. The number of nitrogens with one attached hydrogen (secondary N) is 3. The van der Waals surface area contributed by atoms with Gasteiger partial charge in [0, 0.05) is 29.2 Å². The highest BCUT2D eigenvalue weighted by Gasteiger charge is 2.46. The largest absolute Gasteiger partial charge is 0.481 e. The van der Waals surface area contributed by atoms with Gasteiger partial charge in [0.1, 0.15) is 0 Å². The van der Waals surface area contributed by atoms with Crippen LogP contribution in [0.1, 0.15) is 57.8 Å². The summed E-state index contributed by atoms with van der Waals surface area (Å²) in [5.41, 5.74) is 6.49. The molecule has 2 heterocycles. The van der Waals surface area contributed by atoms with Crippen LogP contribution in [0.4, 0.5) is 10.5 Å². The van der Waals surface area contributed by atoms with Crippen LogP contribution in [0.2, 0.25) is 0 Å². The number of carbonyl (C=O) groups is 2. The molecule has 0 saturated carbocycles. The van der Waals surface area contributed by atoms with Gasteiger partial charge in [-0.15, -0.1) is 0 Å². The van der Waals surface area contributed by atoms with Gasteiger partial charge in [0.05, 0.1) is 0 Å². The number of urea groups is 1. The third-order valence-electron chi connectivity index (χ3n) is 6.25. The van der Waals surface area contributed by atoms with Crippen molar-refractivity contribution in [2.45, 2.75) is 68.3 Å². The van der Waals surface area contributed by atoms with Crippen LogP contribution in [0, 0.1) is 11.8 Å². The standard InChI is InChI=1S/C24H35N3O3S/c28-23(29)14-7-2-1-6-12-19-20(22-16-15-21(19)31-22)13-8-9-17-25-27-24(30)26-18-10-4-3-5-11-18/h1,3-6,10-11,19-22,25H,2,7-9,12-17H2,(H,28,29)(H2,26,27,30)/t19-,20+,21-,22+/m0/s1. The highest BCUT2D eigenvalue weighted by atomic mass is 32.2. The molecule has 4 atom stereocenters. The van der Waals surface area contributed by atoms with Crippen LogP contribution in [-0.4, -0.2) is 34.2 Å². The quantitative estimate of drug-likeness (QED) is 0.190. The van der Waals surface area contributed by atoms with Crippen LogP contribution in [0.5, 0.6) is 0 Å². The molecule has 31 heavy (non-hydrogen) atoms. The summed E-state index contributed by atoms with van der Waals surface area (Å²) in [7, 11) is 0. The minimum Gasteiger partial charge on any atom is -0.481 e. The van der Waals surface area contributed by atoms with Crippen molar-refractivity contribution in [1.82, 2.24) is 10.9 Å². The Morgan fingerprint density at radius 3 is 2.58 bits per heavy atom. The first-order valence-electron chi connectivity index (χ1n) is 11.5. The van der Waals surface area contributed by atoms with E-state index in [9.17, 15) is 9.59 Å². The summed E-state index contributed by atoms with van der Waals surface area (Å²) in [4.78, 5) is 22.5. The lowest BCUT2D eigenvalue weighted by molar-refractivity contribution is -0.137. The second-order valence-corrected chi connectivity index (χ2v) is 9.96. The maximum absolute atomic E-state index is 11.9. The fourth-order valence-electron chi connectivity index (χ4n) is 4.76. The Balaban J connectivity index is 1.28. The topological polar surface area (TPSA) is 90.5 Å². The highest BCUT2D eigenvalue weighted by molar-refractivity contribution is 8.01. The Morgan fingerprint density at radius 2 is 1.81 bits per heavy atom. The van der Waals surface area contributed by atoms with Gasteiger partial charge in [-0.1, -0.05) is 36.8 Å². The smallest absolute Gasteiger partial charge is 0.333 e. The number of amides is 2. The molecule has 2 bridgehead atoms. The van der Waals surface area contributed by atoms with Gasteiger partial charge in [-0.05, 0) is 68.9 Å². The number of rotatable bonds is 13. The molecule has 2 aliphatic heterocycles. The number of carbonyl (C=O) groups excluding carboxylic acids is 1.